The Kier molecular flexibility index (Phi) is 1.89. The Labute approximate surface area is 89.5 Å². The predicted molar refractivity (Wildman–Crippen MR) is 62.5 cm³/mol. The summed E-state index contributed by atoms with van der Waals surface area (Å²) in [5.41, 5.74) is 9.92. The van der Waals surface area contributed by atoms with Gasteiger partial charge in [-0.1, -0.05) is 30.4 Å². The third kappa shape index (κ3) is 1.38. The van der Waals surface area contributed by atoms with Crippen LogP contribution < -0.4 is 11.1 Å². The van der Waals surface area contributed by atoms with Crippen molar-refractivity contribution in [1.29, 1.82) is 0 Å². The van der Waals surface area contributed by atoms with Gasteiger partial charge in [0.1, 0.15) is 0 Å². The van der Waals surface area contributed by atoms with E-state index in [1.165, 1.54) is 16.9 Å². The lowest BCUT2D eigenvalue weighted by Gasteiger charge is -2.33. The fourth-order valence-corrected chi connectivity index (χ4v) is 2.35. The minimum Gasteiger partial charge on any atom is -0.358 e. The Bertz CT molecular complexity index is 446. The third-order valence-electron chi connectivity index (χ3n) is 3.21. The molecule has 15 heavy (non-hydrogen) atoms. The van der Waals surface area contributed by atoms with Crippen LogP contribution in [0.15, 0.2) is 48.2 Å². The number of allylic oxidation sites excluding steroid dienone is 2. The molecule has 2 atom stereocenters. The van der Waals surface area contributed by atoms with Crippen molar-refractivity contribution in [2.45, 2.75) is 12.5 Å². The van der Waals surface area contributed by atoms with Gasteiger partial charge in [0.2, 0.25) is 0 Å². The minimum absolute atomic E-state index is 0.144. The van der Waals surface area contributed by atoms with Crippen LogP contribution in [0.5, 0.6) is 0 Å². The second kappa shape index (κ2) is 3.24. The second-order valence-corrected chi connectivity index (χ2v) is 4.18. The Morgan fingerprint density at radius 2 is 2.13 bits per heavy atom. The fraction of sp³-hybridized carbons (Fsp3) is 0.231. The summed E-state index contributed by atoms with van der Waals surface area (Å²) in [6.07, 6.45) is 7.28. The molecule has 1 heterocycles. The zero-order valence-electron chi connectivity index (χ0n) is 8.48. The maximum Gasteiger partial charge on any atom is 0.0414 e. The highest BCUT2D eigenvalue weighted by Crippen LogP contribution is 2.33. The predicted octanol–water partition coefficient (Wildman–Crippen LogP) is 2.05. The molecule has 3 N–H and O–H groups in total. The molecule has 76 valence electrons. The summed E-state index contributed by atoms with van der Waals surface area (Å²) in [5.74, 6) is 0.421. The van der Waals surface area contributed by atoms with Crippen molar-refractivity contribution in [2.24, 2.45) is 11.7 Å². The SMILES string of the molecule is NC1C=CC=C2Nc3ccccc3CC21. The van der Waals surface area contributed by atoms with E-state index < -0.39 is 0 Å². The molecule has 2 heteroatoms. The molecule has 3 rings (SSSR count). The van der Waals surface area contributed by atoms with E-state index in [1.807, 2.05) is 6.08 Å². The van der Waals surface area contributed by atoms with Crippen molar-refractivity contribution < 1.29 is 0 Å². The van der Waals surface area contributed by atoms with Crippen molar-refractivity contribution >= 4 is 5.69 Å². The number of anilines is 1. The lowest BCUT2D eigenvalue weighted by Crippen LogP contribution is -2.37. The van der Waals surface area contributed by atoms with E-state index in [-0.39, 0.29) is 6.04 Å². The van der Waals surface area contributed by atoms with Gasteiger partial charge in [-0.05, 0) is 24.1 Å². The molecule has 0 radical (unpaired) electrons. The van der Waals surface area contributed by atoms with Crippen molar-refractivity contribution in [3.63, 3.8) is 0 Å². The largest absolute Gasteiger partial charge is 0.358 e. The summed E-state index contributed by atoms with van der Waals surface area (Å²) in [7, 11) is 0. The molecule has 2 nitrogen and oxygen atoms in total. The summed E-state index contributed by atoms with van der Waals surface area (Å²) in [5, 5.41) is 3.46. The summed E-state index contributed by atoms with van der Waals surface area (Å²) >= 11 is 0. The molecule has 0 saturated carbocycles. The number of hydrogen-bond donors (Lipinski definition) is 2. The number of fused-ring (bicyclic) bond motifs is 2. The first-order valence-corrected chi connectivity index (χ1v) is 5.33. The van der Waals surface area contributed by atoms with Gasteiger partial charge in [0, 0.05) is 23.3 Å². The molecule has 0 saturated heterocycles. The van der Waals surface area contributed by atoms with E-state index in [0.717, 1.165) is 6.42 Å². The van der Waals surface area contributed by atoms with E-state index in [2.05, 4.69) is 41.7 Å². The normalized spacial score (nSPS) is 27.4. The van der Waals surface area contributed by atoms with Gasteiger partial charge in [0.25, 0.3) is 0 Å². The maximum absolute atomic E-state index is 6.08. The van der Waals surface area contributed by atoms with Crippen molar-refractivity contribution in [1.82, 2.24) is 0 Å². The van der Waals surface area contributed by atoms with Crippen molar-refractivity contribution in [2.75, 3.05) is 5.32 Å². The second-order valence-electron chi connectivity index (χ2n) is 4.18. The molecular weight excluding hydrogens is 184 g/mol. The summed E-state index contributed by atoms with van der Waals surface area (Å²) in [6, 6.07) is 8.58. The molecule has 0 aromatic heterocycles. The van der Waals surface area contributed by atoms with Crippen molar-refractivity contribution in [3.05, 3.63) is 53.8 Å². The smallest absolute Gasteiger partial charge is 0.0414 e. The van der Waals surface area contributed by atoms with Crippen LogP contribution in [0.1, 0.15) is 5.56 Å². The van der Waals surface area contributed by atoms with Crippen LogP contribution in [0, 0.1) is 5.92 Å². The van der Waals surface area contributed by atoms with Gasteiger partial charge < -0.3 is 11.1 Å². The van der Waals surface area contributed by atoms with E-state index >= 15 is 0 Å². The highest BCUT2D eigenvalue weighted by molar-refractivity contribution is 5.59. The van der Waals surface area contributed by atoms with E-state index in [9.17, 15) is 0 Å². The Morgan fingerprint density at radius 3 is 3.07 bits per heavy atom. The van der Waals surface area contributed by atoms with E-state index in [4.69, 9.17) is 5.73 Å². The monoisotopic (exact) mass is 198 g/mol. The highest BCUT2D eigenvalue weighted by atomic mass is 14.9. The van der Waals surface area contributed by atoms with Crippen LogP contribution in [-0.2, 0) is 6.42 Å². The van der Waals surface area contributed by atoms with Gasteiger partial charge in [-0.2, -0.15) is 0 Å². The fourth-order valence-electron chi connectivity index (χ4n) is 2.35. The van der Waals surface area contributed by atoms with Crippen LogP contribution >= 0.6 is 0 Å². The lowest BCUT2D eigenvalue weighted by molar-refractivity contribution is 0.530. The molecular formula is C13H14N2. The first kappa shape index (κ1) is 8.74. The summed E-state index contributed by atoms with van der Waals surface area (Å²) in [4.78, 5) is 0. The number of rotatable bonds is 0. The van der Waals surface area contributed by atoms with Gasteiger partial charge in [-0.25, -0.2) is 0 Å². The molecule has 0 bridgehead atoms. The highest BCUT2D eigenvalue weighted by Gasteiger charge is 2.27. The third-order valence-corrected chi connectivity index (χ3v) is 3.21. The first-order chi connectivity index (χ1) is 7.34. The summed E-state index contributed by atoms with van der Waals surface area (Å²) < 4.78 is 0. The van der Waals surface area contributed by atoms with Crippen LogP contribution in [0.25, 0.3) is 0 Å². The Morgan fingerprint density at radius 1 is 1.27 bits per heavy atom. The lowest BCUT2D eigenvalue weighted by atomic mass is 9.83. The van der Waals surface area contributed by atoms with Gasteiger partial charge in [0.15, 0.2) is 0 Å². The van der Waals surface area contributed by atoms with E-state index in [1.54, 1.807) is 0 Å². The standard InChI is InChI=1S/C13H14N2/c14-11-5-3-7-13-10(11)8-9-4-1-2-6-12(9)15-13/h1-7,10-11,15H,8,14H2. The van der Waals surface area contributed by atoms with Crippen molar-refractivity contribution in [3.8, 4) is 0 Å². The van der Waals surface area contributed by atoms with Gasteiger partial charge in [-0.15, -0.1) is 0 Å². The molecule has 1 aliphatic heterocycles. The molecule has 1 aromatic rings. The number of nitrogens with two attached hydrogens (primary N) is 1. The Hall–Kier alpha value is -1.54. The van der Waals surface area contributed by atoms with Crippen LogP contribution in [0.2, 0.25) is 0 Å². The molecule has 1 aliphatic carbocycles. The molecule has 2 aliphatic rings. The average molecular weight is 198 g/mol. The molecule has 0 fully saturated rings. The number of benzene rings is 1. The number of hydrogen-bond acceptors (Lipinski definition) is 2. The molecule has 2 unspecified atom stereocenters. The van der Waals surface area contributed by atoms with Gasteiger partial charge in [-0.3, -0.25) is 0 Å². The first-order valence-electron chi connectivity index (χ1n) is 5.33. The average Bonchev–Trinajstić information content (AvgIpc) is 2.27. The zero-order chi connectivity index (χ0) is 10.3. The quantitative estimate of drug-likeness (QED) is 0.669. The topological polar surface area (TPSA) is 38.0 Å². The number of para-hydroxylation sites is 1. The van der Waals surface area contributed by atoms with Crippen LogP contribution in [0.4, 0.5) is 5.69 Å². The minimum atomic E-state index is 0.144. The van der Waals surface area contributed by atoms with Gasteiger partial charge >= 0.3 is 0 Å². The maximum atomic E-state index is 6.08. The number of nitrogens with one attached hydrogen (secondary N) is 1. The zero-order valence-corrected chi connectivity index (χ0v) is 8.48. The van der Waals surface area contributed by atoms with Crippen LogP contribution in [0.3, 0.4) is 0 Å². The van der Waals surface area contributed by atoms with E-state index in [0.29, 0.717) is 5.92 Å². The molecule has 0 spiro atoms. The van der Waals surface area contributed by atoms with Gasteiger partial charge in [0.05, 0.1) is 0 Å². The molecule has 0 amide bonds. The Balaban J connectivity index is 2.03. The van der Waals surface area contributed by atoms with Crippen LogP contribution in [-0.4, -0.2) is 6.04 Å². The summed E-state index contributed by atoms with van der Waals surface area (Å²) in [6.45, 7) is 0. The molecule has 1 aromatic carbocycles.